The lowest BCUT2D eigenvalue weighted by Crippen LogP contribution is -2.24. The zero-order valence-electron chi connectivity index (χ0n) is 11.3. The number of sulfonamides is 1. The molecule has 0 radical (unpaired) electrons. The van der Waals surface area contributed by atoms with E-state index in [1.165, 1.54) is 12.1 Å². The lowest BCUT2D eigenvalue weighted by Gasteiger charge is -2.05. The second kappa shape index (κ2) is 5.98. The quantitative estimate of drug-likeness (QED) is 0.846. The van der Waals surface area contributed by atoms with E-state index in [0.717, 1.165) is 11.3 Å². The van der Waals surface area contributed by atoms with Crippen LogP contribution in [0.3, 0.4) is 0 Å². The molecule has 8 heteroatoms. The predicted octanol–water partition coefficient (Wildman–Crippen LogP) is 0.362. The highest BCUT2D eigenvalue weighted by Crippen LogP contribution is 2.08. The van der Waals surface area contributed by atoms with Crippen LogP contribution in [-0.4, -0.2) is 24.5 Å². The molecule has 0 saturated heterocycles. The molecule has 0 aliphatic heterocycles. The van der Waals surface area contributed by atoms with Crippen molar-refractivity contribution in [3.8, 4) is 0 Å². The minimum absolute atomic E-state index is 0.0296. The topological polar surface area (TPSA) is 115 Å². The smallest absolute Gasteiger partial charge is 0.272 e. The maximum absolute atomic E-state index is 11.8. The van der Waals surface area contributed by atoms with Gasteiger partial charge < -0.3 is 5.32 Å². The number of nitrogens with zero attached hydrogens (tertiary/aromatic N) is 2. The third kappa shape index (κ3) is 4.07. The van der Waals surface area contributed by atoms with Crippen molar-refractivity contribution in [3.63, 3.8) is 0 Å². The Morgan fingerprint density at radius 2 is 1.81 bits per heavy atom. The highest BCUT2D eigenvalue weighted by atomic mass is 32.2. The molecule has 0 spiro atoms. The van der Waals surface area contributed by atoms with Gasteiger partial charge in [-0.25, -0.2) is 13.6 Å². The van der Waals surface area contributed by atoms with Crippen molar-refractivity contribution in [2.75, 3.05) is 0 Å². The molecule has 0 saturated carbocycles. The van der Waals surface area contributed by atoms with Gasteiger partial charge in [0.05, 0.1) is 10.6 Å². The van der Waals surface area contributed by atoms with Gasteiger partial charge in [-0.3, -0.25) is 4.79 Å². The van der Waals surface area contributed by atoms with Crippen molar-refractivity contribution in [2.24, 2.45) is 5.14 Å². The van der Waals surface area contributed by atoms with Crippen LogP contribution in [0.2, 0.25) is 0 Å². The normalized spacial score (nSPS) is 11.1. The first-order valence-corrected chi connectivity index (χ1v) is 7.61. The van der Waals surface area contributed by atoms with Crippen molar-refractivity contribution in [2.45, 2.75) is 18.4 Å². The molecule has 3 N–H and O–H groups in total. The number of carbonyl (C=O) groups is 1. The number of aromatic nitrogens is 2. The van der Waals surface area contributed by atoms with Gasteiger partial charge in [0.15, 0.2) is 5.69 Å². The summed E-state index contributed by atoms with van der Waals surface area (Å²) in [4.78, 5) is 11.9. The summed E-state index contributed by atoms with van der Waals surface area (Å²) in [5.74, 6) is -0.349. The van der Waals surface area contributed by atoms with E-state index in [0.29, 0.717) is 0 Å². The Morgan fingerprint density at radius 3 is 2.33 bits per heavy atom. The molecule has 0 aliphatic rings. The number of primary sulfonamides is 1. The summed E-state index contributed by atoms with van der Waals surface area (Å²) in [5, 5.41) is 15.3. The third-order valence-electron chi connectivity index (χ3n) is 2.74. The summed E-state index contributed by atoms with van der Waals surface area (Å²) in [7, 11) is -3.70. The summed E-state index contributed by atoms with van der Waals surface area (Å²) in [6.45, 7) is 2.03. The van der Waals surface area contributed by atoms with Crippen molar-refractivity contribution < 1.29 is 13.2 Å². The molecule has 1 heterocycles. The van der Waals surface area contributed by atoms with E-state index in [-0.39, 0.29) is 23.0 Å². The van der Waals surface area contributed by atoms with Gasteiger partial charge in [0.1, 0.15) is 0 Å². The first kappa shape index (κ1) is 15.1. The lowest BCUT2D eigenvalue weighted by molar-refractivity contribution is 0.0945. The molecule has 2 aromatic rings. The maximum Gasteiger partial charge on any atom is 0.272 e. The van der Waals surface area contributed by atoms with Crippen LogP contribution in [0.15, 0.2) is 41.3 Å². The third-order valence-corrected chi connectivity index (χ3v) is 3.66. The summed E-state index contributed by atoms with van der Waals surface area (Å²) >= 11 is 0. The number of nitrogens with one attached hydrogen (secondary N) is 1. The largest absolute Gasteiger partial charge is 0.347 e. The van der Waals surface area contributed by atoms with Crippen molar-refractivity contribution in [1.82, 2.24) is 15.5 Å². The molecule has 0 aliphatic carbocycles. The Kier molecular flexibility index (Phi) is 4.29. The summed E-state index contributed by atoms with van der Waals surface area (Å²) < 4.78 is 22.2. The zero-order chi connectivity index (χ0) is 15.5. The van der Waals surface area contributed by atoms with Crippen LogP contribution >= 0.6 is 0 Å². The summed E-state index contributed by atoms with van der Waals surface area (Å²) in [6.07, 6.45) is 0. The van der Waals surface area contributed by atoms with Crippen molar-refractivity contribution >= 4 is 15.9 Å². The van der Waals surface area contributed by atoms with E-state index >= 15 is 0 Å². The van der Waals surface area contributed by atoms with Crippen molar-refractivity contribution in [1.29, 1.82) is 0 Å². The predicted molar refractivity (Wildman–Crippen MR) is 75.8 cm³/mol. The van der Waals surface area contributed by atoms with E-state index in [4.69, 9.17) is 5.14 Å². The van der Waals surface area contributed by atoms with Gasteiger partial charge in [0.2, 0.25) is 10.0 Å². The number of benzene rings is 1. The first-order chi connectivity index (χ1) is 9.86. The Morgan fingerprint density at radius 1 is 1.14 bits per heavy atom. The van der Waals surface area contributed by atoms with Crippen LogP contribution < -0.4 is 10.5 Å². The lowest BCUT2D eigenvalue weighted by atomic mass is 10.2. The average molecular weight is 306 g/mol. The molecule has 7 nitrogen and oxygen atoms in total. The summed E-state index contributed by atoms with van der Waals surface area (Å²) in [6, 6.07) is 9.23. The number of rotatable bonds is 4. The number of hydrogen-bond acceptors (Lipinski definition) is 5. The van der Waals surface area contributed by atoms with E-state index in [2.05, 4.69) is 15.5 Å². The van der Waals surface area contributed by atoms with E-state index in [1.807, 2.05) is 0 Å². The van der Waals surface area contributed by atoms with Gasteiger partial charge in [-0.15, -0.1) is 5.10 Å². The van der Waals surface area contributed by atoms with Gasteiger partial charge in [-0.1, -0.05) is 12.1 Å². The monoisotopic (exact) mass is 306 g/mol. The SMILES string of the molecule is Cc1ccc(C(=O)NCc2ccc(S(N)(=O)=O)cc2)nn1. The average Bonchev–Trinajstić information content (AvgIpc) is 2.45. The second-order valence-corrected chi connectivity index (χ2v) is 5.99. The molecule has 0 bridgehead atoms. The summed E-state index contributed by atoms with van der Waals surface area (Å²) in [5.41, 5.74) is 1.70. The molecule has 110 valence electrons. The fourth-order valence-electron chi connectivity index (χ4n) is 1.59. The minimum atomic E-state index is -3.70. The molecule has 0 unspecified atom stereocenters. The number of amides is 1. The zero-order valence-corrected chi connectivity index (χ0v) is 12.1. The number of aryl methyl sites for hydroxylation is 1. The molecule has 21 heavy (non-hydrogen) atoms. The standard InChI is InChI=1S/C13H14N4O3S/c1-9-2-7-12(17-16-9)13(18)15-8-10-3-5-11(6-4-10)21(14,19)20/h2-7H,8H2,1H3,(H,15,18)(H2,14,19,20). The van der Waals surface area contributed by atoms with Crippen LogP contribution in [0.4, 0.5) is 0 Å². The number of nitrogens with two attached hydrogens (primary N) is 1. The molecular weight excluding hydrogens is 292 g/mol. The van der Waals surface area contributed by atoms with Gasteiger partial charge in [-0.05, 0) is 36.8 Å². The fraction of sp³-hybridized carbons (Fsp3) is 0.154. The fourth-order valence-corrected chi connectivity index (χ4v) is 2.11. The highest BCUT2D eigenvalue weighted by molar-refractivity contribution is 7.89. The van der Waals surface area contributed by atoms with Crippen LogP contribution in [0, 0.1) is 6.92 Å². The molecule has 0 fully saturated rings. The molecule has 1 aromatic carbocycles. The molecule has 1 aromatic heterocycles. The molecular formula is C13H14N4O3S. The van der Waals surface area contributed by atoms with Crippen LogP contribution in [0.5, 0.6) is 0 Å². The van der Waals surface area contributed by atoms with E-state index in [1.54, 1.807) is 31.2 Å². The number of hydrogen-bond donors (Lipinski definition) is 2. The first-order valence-electron chi connectivity index (χ1n) is 6.06. The van der Waals surface area contributed by atoms with Crippen molar-refractivity contribution in [3.05, 3.63) is 53.3 Å². The van der Waals surface area contributed by atoms with E-state index in [9.17, 15) is 13.2 Å². The minimum Gasteiger partial charge on any atom is -0.347 e. The van der Waals surface area contributed by atoms with E-state index < -0.39 is 10.0 Å². The molecule has 2 rings (SSSR count). The second-order valence-electron chi connectivity index (χ2n) is 4.43. The Bertz CT molecular complexity index is 740. The molecule has 1 amide bonds. The highest BCUT2D eigenvalue weighted by Gasteiger charge is 2.09. The van der Waals surface area contributed by atoms with Gasteiger partial charge in [0.25, 0.3) is 5.91 Å². The van der Waals surface area contributed by atoms with Gasteiger partial charge in [0, 0.05) is 6.54 Å². The van der Waals surface area contributed by atoms with Gasteiger partial charge in [-0.2, -0.15) is 5.10 Å². The van der Waals surface area contributed by atoms with Crippen LogP contribution in [0.25, 0.3) is 0 Å². The van der Waals surface area contributed by atoms with Gasteiger partial charge >= 0.3 is 0 Å². The Labute approximate surface area is 122 Å². The number of carbonyl (C=O) groups excluding carboxylic acids is 1. The molecule has 0 atom stereocenters. The maximum atomic E-state index is 11.8. The Balaban J connectivity index is 2.00. The van der Waals surface area contributed by atoms with Crippen LogP contribution in [0.1, 0.15) is 21.7 Å². The van der Waals surface area contributed by atoms with Crippen LogP contribution in [-0.2, 0) is 16.6 Å². The Hall–Kier alpha value is -2.32.